The van der Waals surface area contributed by atoms with Crippen molar-refractivity contribution in [1.29, 1.82) is 0 Å². The predicted molar refractivity (Wildman–Crippen MR) is 89.3 cm³/mol. The zero-order valence-electron chi connectivity index (χ0n) is 13.1. The Morgan fingerprint density at radius 2 is 2.05 bits per heavy atom. The largest absolute Gasteiger partial charge is 0.492 e. The number of benzene rings is 1. The molecule has 4 heteroatoms. The van der Waals surface area contributed by atoms with E-state index in [0.29, 0.717) is 6.61 Å². The second-order valence-corrected chi connectivity index (χ2v) is 7.39. The number of unbranched alkanes of at least 4 members (excludes halogenated alkanes) is 2. The van der Waals surface area contributed by atoms with E-state index in [1.54, 1.807) is 0 Å². The molecule has 0 fully saturated rings. The first kappa shape index (κ1) is 16.5. The molecule has 0 saturated carbocycles. The van der Waals surface area contributed by atoms with Crippen molar-refractivity contribution in [2.24, 2.45) is 0 Å². The maximum atomic E-state index is 12.6. The van der Waals surface area contributed by atoms with E-state index in [1.807, 2.05) is 18.2 Å². The first-order chi connectivity index (χ1) is 10.3. The van der Waals surface area contributed by atoms with Gasteiger partial charge < -0.3 is 10.1 Å². The van der Waals surface area contributed by atoms with Gasteiger partial charge in [0, 0.05) is 22.1 Å². The van der Waals surface area contributed by atoms with Crippen molar-refractivity contribution in [3.63, 3.8) is 0 Å². The van der Waals surface area contributed by atoms with Crippen LogP contribution < -0.4 is 10.1 Å². The van der Waals surface area contributed by atoms with Crippen LogP contribution in [0.3, 0.4) is 0 Å². The van der Waals surface area contributed by atoms with Crippen LogP contribution in [0.1, 0.15) is 51.1 Å². The molecule has 3 unspecified atom stereocenters. The Bertz CT molecular complexity index is 464. The molecule has 2 rings (SSSR count). The maximum absolute atomic E-state index is 12.6. The third-order valence-corrected chi connectivity index (χ3v) is 5.70. The van der Waals surface area contributed by atoms with Crippen LogP contribution in [0, 0.1) is 0 Å². The van der Waals surface area contributed by atoms with Crippen LogP contribution in [-0.4, -0.2) is 28.4 Å². The number of rotatable bonds is 8. The molecular formula is C17H27NO2S. The third-order valence-electron chi connectivity index (χ3n) is 3.93. The molecule has 1 heterocycles. The fourth-order valence-electron chi connectivity index (χ4n) is 2.75. The van der Waals surface area contributed by atoms with Crippen molar-refractivity contribution in [1.82, 2.24) is 5.32 Å². The number of ether oxygens (including phenoxy) is 1. The lowest BCUT2D eigenvalue weighted by Crippen LogP contribution is -2.42. The summed E-state index contributed by atoms with van der Waals surface area (Å²) < 4.78 is 18.5. The molecule has 1 aromatic carbocycles. The maximum Gasteiger partial charge on any atom is 0.124 e. The fraction of sp³-hybridized carbons (Fsp3) is 0.647. The third kappa shape index (κ3) is 4.30. The molecule has 1 aromatic rings. The van der Waals surface area contributed by atoms with E-state index >= 15 is 0 Å². The van der Waals surface area contributed by atoms with E-state index in [1.165, 1.54) is 6.42 Å². The summed E-state index contributed by atoms with van der Waals surface area (Å²) in [5, 5.41) is 3.63. The van der Waals surface area contributed by atoms with E-state index in [-0.39, 0.29) is 11.3 Å². The van der Waals surface area contributed by atoms with Crippen molar-refractivity contribution < 1.29 is 8.95 Å². The zero-order valence-corrected chi connectivity index (χ0v) is 14.0. The summed E-state index contributed by atoms with van der Waals surface area (Å²) in [4.78, 5) is 0. The Hall–Kier alpha value is -0.870. The topological polar surface area (TPSA) is 38.3 Å². The summed E-state index contributed by atoms with van der Waals surface area (Å²) in [7, 11) is -0.836. The van der Waals surface area contributed by atoms with Crippen LogP contribution in [0.4, 0.5) is 0 Å². The van der Waals surface area contributed by atoms with Crippen LogP contribution in [0.5, 0.6) is 5.75 Å². The first-order valence-electron chi connectivity index (χ1n) is 8.10. The lowest BCUT2D eigenvalue weighted by molar-refractivity contribution is 0.258. The van der Waals surface area contributed by atoms with Crippen molar-refractivity contribution in [3.8, 4) is 5.75 Å². The van der Waals surface area contributed by atoms with Crippen molar-refractivity contribution in [3.05, 3.63) is 29.8 Å². The molecule has 1 N–H and O–H groups in total. The molecule has 1 aliphatic heterocycles. The number of hydrogen-bond acceptors (Lipinski definition) is 3. The summed E-state index contributed by atoms with van der Waals surface area (Å²) in [5.41, 5.74) is 1.16. The predicted octanol–water partition coefficient (Wildman–Crippen LogP) is 3.43. The van der Waals surface area contributed by atoms with Crippen LogP contribution in [0.25, 0.3) is 0 Å². The van der Waals surface area contributed by atoms with E-state index in [9.17, 15) is 4.21 Å². The summed E-state index contributed by atoms with van der Waals surface area (Å²) in [6.45, 7) is 5.83. The van der Waals surface area contributed by atoms with Gasteiger partial charge in [-0.3, -0.25) is 4.21 Å². The van der Waals surface area contributed by atoms with E-state index < -0.39 is 10.8 Å². The Labute approximate surface area is 130 Å². The van der Waals surface area contributed by atoms with Crippen LogP contribution in [0.2, 0.25) is 0 Å². The second-order valence-electron chi connectivity index (χ2n) is 5.61. The molecule has 0 spiro atoms. The van der Waals surface area contributed by atoms with E-state index in [2.05, 4.69) is 25.2 Å². The highest BCUT2D eigenvalue weighted by Crippen LogP contribution is 2.34. The van der Waals surface area contributed by atoms with Gasteiger partial charge in [0.25, 0.3) is 0 Å². The molecule has 21 heavy (non-hydrogen) atoms. The fourth-order valence-corrected chi connectivity index (χ4v) is 4.31. The molecule has 1 aliphatic rings. The minimum atomic E-state index is -0.836. The van der Waals surface area contributed by atoms with Gasteiger partial charge in [0.2, 0.25) is 0 Å². The summed E-state index contributed by atoms with van der Waals surface area (Å²) in [5.74, 6) is 1.72. The first-order valence-corrected chi connectivity index (χ1v) is 9.48. The molecule has 0 bridgehead atoms. The number of para-hydroxylation sites is 1. The lowest BCUT2D eigenvalue weighted by Gasteiger charge is -2.33. The monoisotopic (exact) mass is 309 g/mol. The summed E-state index contributed by atoms with van der Waals surface area (Å²) in [6.07, 6.45) is 4.44. The highest BCUT2D eigenvalue weighted by molar-refractivity contribution is 7.85. The normalized spacial score (nSPS) is 22.4. The lowest BCUT2D eigenvalue weighted by atomic mass is 10.00. The van der Waals surface area contributed by atoms with Gasteiger partial charge in [-0.25, -0.2) is 0 Å². The smallest absolute Gasteiger partial charge is 0.124 e. The highest BCUT2D eigenvalue weighted by atomic mass is 32.2. The standard InChI is InChI=1S/C17H27NO2S/c1-3-5-8-12-21(19)16-13-20-15-10-7-6-9-14(15)17(16)18-11-4-2/h6-7,9-10,16-18H,3-5,8,11-13H2,1-2H3. The van der Waals surface area contributed by atoms with Gasteiger partial charge in [-0.1, -0.05) is 44.9 Å². The van der Waals surface area contributed by atoms with Crippen molar-refractivity contribution in [2.45, 2.75) is 50.8 Å². The second kappa shape index (κ2) is 8.54. The average Bonchev–Trinajstić information content (AvgIpc) is 2.52. The Morgan fingerprint density at radius 3 is 2.81 bits per heavy atom. The van der Waals surface area contributed by atoms with E-state index in [4.69, 9.17) is 4.74 Å². The average molecular weight is 309 g/mol. The van der Waals surface area contributed by atoms with Crippen molar-refractivity contribution >= 4 is 10.8 Å². The molecule has 0 amide bonds. The van der Waals surface area contributed by atoms with Gasteiger partial charge >= 0.3 is 0 Å². The van der Waals surface area contributed by atoms with Gasteiger partial charge in [0.05, 0.1) is 11.3 Å². The van der Waals surface area contributed by atoms with Gasteiger partial charge in [-0.15, -0.1) is 0 Å². The molecule has 3 nitrogen and oxygen atoms in total. The van der Waals surface area contributed by atoms with Crippen LogP contribution >= 0.6 is 0 Å². The van der Waals surface area contributed by atoms with Gasteiger partial charge in [0.15, 0.2) is 0 Å². The summed E-state index contributed by atoms with van der Waals surface area (Å²) >= 11 is 0. The number of nitrogens with one attached hydrogen (secondary N) is 1. The van der Waals surface area contributed by atoms with Crippen LogP contribution in [-0.2, 0) is 10.8 Å². The Kier molecular flexibility index (Phi) is 6.71. The molecule has 3 atom stereocenters. The Balaban J connectivity index is 2.11. The molecular weight excluding hydrogens is 282 g/mol. The minimum Gasteiger partial charge on any atom is -0.492 e. The quantitative estimate of drug-likeness (QED) is 0.748. The molecule has 0 radical (unpaired) electrons. The van der Waals surface area contributed by atoms with E-state index in [0.717, 1.165) is 42.9 Å². The Morgan fingerprint density at radius 1 is 1.24 bits per heavy atom. The van der Waals surface area contributed by atoms with Gasteiger partial charge in [-0.2, -0.15) is 0 Å². The summed E-state index contributed by atoms with van der Waals surface area (Å²) in [6, 6.07) is 8.28. The SMILES string of the molecule is CCCCCS(=O)C1COc2ccccc2C1NCCC. The van der Waals surface area contributed by atoms with Crippen molar-refractivity contribution in [2.75, 3.05) is 18.9 Å². The minimum absolute atomic E-state index is 0.0586. The molecule has 0 aromatic heterocycles. The molecule has 0 aliphatic carbocycles. The molecule has 0 saturated heterocycles. The van der Waals surface area contributed by atoms with Crippen LogP contribution in [0.15, 0.2) is 24.3 Å². The zero-order chi connectivity index (χ0) is 15.1. The van der Waals surface area contributed by atoms with Gasteiger partial charge in [0.1, 0.15) is 12.4 Å². The molecule has 118 valence electrons. The van der Waals surface area contributed by atoms with Gasteiger partial charge in [-0.05, 0) is 25.5 Å². The number of fused-ring (bicyclic) bond motifs is 1. The highest BCUT2D eigenvalue weighted by Gasteiger charge is 2.34. The number of hydrogen-bond donors (Lipinski definition) is 1.